The minimum atomic E-state index is -1.80. The fourth-order valence-corrected chi connectivity index (χ4v) is 0.513. The molecule has 0 amide bonds. The predicted molar refractivity (Wildman–Crippen MR) is 37.5 cm³/mol. The van der Waals surface area contributed by atoms with Crippen molar-refractivity contribution in [2.45, 2.75) is 6.10 Å². The van der Waals surface area contributed by atoms with Gasteiger partial charge in [0.1, 0.15) is 6.10 Å². The first-order chi connectivity index (χ1) is 6.16. The van der Waals surface area contributed by atoms with Crippen LogP contribution in [0.3, 0.4) is 0 Å². The van der Waals surface area contributed by atoms with Gasteiger partial charge in [0, 0.05) is 13.5 Å². The summed E-state index contributed by atoms with van der Waals surface area (Å²) >= 11 is 0. The summed E-state index contributed by atoms with van der Waals surface area (Å²) < 4.78 is 40.1. The average molecular weight is 472 g/mol. The Bertz CT molecular complexity index is 99.1. The van der Waals surface area contributed by atoms with Crippen LogP contribution in [0.5, 0.6) is 0 Å². The number of aliphatic hydroxyl groups excluding tert-OH is 1. The van der Waals surface area contributed by atoms with Crippen LogP contribution >= 0.6 is 0 Å². The van der Waals surface area contributed by atoms with Crippen LogP contribution in [-0.4, -0.2) is 43.5 Å². The molecule has 0 aromatic rings. The Labute approximate surface area is 73.8 Å². The third-order valence-corrected chi connectivity index (χ3v) is 0.880. The molecule has 0 aliphatic rings. The second-order valence-electron chi connectivity index (χ2n) is 1.96. The van der Waals surface area contributed by atoms with Crippen molar-refractivity contribution in [2.75, 3.05) is 26.9 Å². The molecule has 0 radical (unpaired) electrons. The van der Waals surface area contributed by atoms with Gasteiger partial charge >= 0.3 is 0 Å². The molecule has 0 saturated heterocycles. The number of aliphatic hydroxyl groups is 1. The Kier molecular flexibility index (Phi) is 18.6. The topological polar surface area (TPSA) is 58.9 Å². The molecule has 0 heterocycles. The molecule has 0 aromatic heterocycles. The summed E-state index contributed by atoms with van der Waals surface area (Å²) in [7, 11) is 1.41. The SMILES string of the molecule is COCC(O)COC[C-](F)F.OF.[Rf]. The zero-order valence-corrected chi connectivity index (χ0v) is 14.1. The Morgan fingerprint density at radius 2 is 1.79 bits per heavy atom. The first-order valence-electron chi connectivity index (χ1n) is 3.25. The van der Waals surface area contributed by atoms with Crippen LogP contribution in [0.4, 0.5) is 13.3 Å². The summed E-state index contributed by atoms with van der Waals surface area (Å²) in [5, 5.41) is 14.4. The molecule has 0 rings (SSSR count). The van der Waals surface area contributed by atoms with Gasteiger partial charge in [-0.2, -0.15) is 0 Å². The van der Waals surface area contributed by atoms with Gasteiger partial charge in [-0.15, -0.1) is 0 Å². The van der Waals surface area contributed by atoms with E-state index in [0.29, 0.717) is 0 Å². The van der Waals surface area contributed by atoms with Crippen molar-refractivity contribution in [2.24, 2.45) is 0 Å². The van der Waals surface area contributed by atoms with Crippen molar-refractivity contribution in [3.63, 3.8) is 0 Å². The molecule has 0 aromatic carbocycles. The molecule has 0 aliphatic heterocycles. The zero-order chi connectivity index (χ0) is 10.7. The van der Waals surface area contributed by atoms with E-state index < -0.39 is 19.1 Å². The maximum Gasteiger partial charge on any atom is 0.100 e. The third kappa shape index (κ3) is 16.9. The molecule has 4 nitrogen and oxygen atoms in total. The number of halogens is 3. The second-order valence-corrected chi connectivity index (χ2v) is 1.96. The van der Waals surface area contributed by atoms with Crippen LogP contribution in [0.2, 0.25) is 0 Å². The van der Waals surface area contributed by atoms with Gasteiger partial charge in [0.15, 0.2) is 0 Å². The number of hydrogen-bond acceptors (Lipinski definition) is 4. The molecular weight excluding hydrogens is 460 g/mol. The summed E-state index contributed by atoms with van der Waals surface area (Å²) in [5.74, 6) is 0. The van der Waals surface area contributed by atoms with E-state index >= 15 is 0 Å². The average Bonchev–Trinajstić information content (AvgIpc) is 2.08. The third-order valence-electron chi connectivity index (χ3n) is 0.880. The minimum absolute atomic E-state index is 0. The van der Waals surface area contributed by atoms with Gasteiger partial charge in [0.2, 0.25) is 0 Å². The van der Waals surface area contributed by atoms with Gasteiger partial charge in [-0.05, 0) is 6.61 Å². The monoisotopic (exact) mass is 472 g/mol. The summed E-state index contributed by atoms with van der Waals surface area (Å²) in [6.45, 7) is -0.764. The van der Waals surface area contributed by atoms with E-state index in [1.807, 2.05) is 0 Å². The summed E-state index contributed by atoms with van der Waals surface area (Å²) in [4.78, 5) is 0. The summed E-state index contributed by atoms with van der Waals surface area (Å²) in [6, 6.07) is 0. The molecule has 2 N–H and O–H groups in total. The standard InChI is InChI=1S/C6H11F2O3.FHO.Rf/c1-10-2-5(9)3-11-4-6(7)8;1-2;/h5,9H,2-4H2,1H3;2H;/q-1;;. The van der Waals surface area contributed by atoms with E-state index in [0.717, 1.165) is 0 Å². The normalized spacial score (nSPS) is 11.4. The van der Waals surface area contributed by atoms with Gasteiger partial charge in [-0.1, -0.05) is 4.53 Å². The quantitative estimate of drug-likeness (QED) is 0.547. The van der Waals surface area contributed by atoms with E-state index in [-0.39, 0.29) is 13.2 Å². The molecule has 14 heavy (non-hydrogen) atoms. The van der Waals surface area contributed by atoms with E-state index in [1.165, 1.54) is 7.11 Å². The summed E-state index contributed by atoms with van der Waals surface area (Å²) in [6.07, 6.45) is -2.63. The zero-order valence-electron chi connectivity index (χ0n) is 7.75. The number of hydrogen-bond donors (Lipinski definition) is 2. The van der Waals surface area contributed by atoms with Crippen LogP contribution in [0.15, 0.2) is 0 Å². The van der Waals surface area contributed by atoms with Crippen molar-refractivity contribution in [1.82, 2.24) is 0 Å². The van der Waals surface area contributed by atoms with Gasteiger partial charge in [-0.3, -0.25) is 0 Å². The van der Waals surface area contributed by atoms with Crippen molar-refractivity contribution in [3.05, 3.63) is 6.43 Å². The molecule has 1 unspecified atom stereocenters. The van der Waals surface area contributed by atoms with Gasteiger partial charge in [-0.25, -0.2) is 5.31 Å². The van der Waals surface area contributed by atoms with Gasteiger partial charge < -0.3 is 23.4 Å². The van der Waals surface area contributed by atoms with Crippen molar-refractivity contribution >= 4 is 0 Å². The molecule has 0 fully saturated rings. The molecule has 0 bridgehead atoms. The Morgan fingerprint density at radius 1 is 1.29 bits per heavy atom. The number of rotatable bonds is 6. The Morgan fingerprint density at radius 3 is 2.14 bits per heavy atom. The van der Waals surface area contributed by atoms with Crippen molar-refractivity contribution < 1.29 is 33.2 Å². The second kappa shape index (κ2) is 14.2. The van der Waals surface area contributed by atoms with E-state index in [9.17, 15) is 8.78 Å². The van der Waals surface area contributed by atoms with E-state index in [4.69, 9.17) is 14.9 Å². The Balaban J connectivity index is -0.000000376. The van der Waals surface area contributed by atoms with Gasteiger partial charge in [0.25, 0.3) is 0 Å². The molecule has 8 heteroatoms. The number of methoxy groups -OCH3 is 1. The van der Waals surface area contributed by atoms with E-state index in [2.05, 4.69) is 9.47 Å². The maximum absolute atomic E-state index is 11.3. The molecule has 0 spiro atoms. The molecule has 0 aliphatic carbocycles. The Hall–Kier alpha value is -1.37. The van der Waals surface area contributed by atoms with Crippen LogP contribution in [0.1, 0.15) is 0 Å². The van der Waals surface area contributed by atoms with Crippen molar-refractivity contribution in [1.29, 1.82) is 0 Å². The molecular formula is C6H12F3O4Rf-. The fraction of sp³-hybridized carbons (Fsp3) is 0.833. The van der Waals surface area contributed by atoms with Crippen molar-refractivity contribution in [3.8, 4) is 0 Å². The first-order valence-corrected chi connectivity index (χ1v) is 3.25. The predicted octanol–water partition coefficient (Wildman–Crippen LogP) is 0.302. The maximum atomic E-state index is 11.3. The fourth-order valence-electron chi connectivity index (χ4n) is 0.513. The van der Waals surface area contributed by atoms with Crippen LogP contribution in [0.25, 0.3) is 0 Å². The summed E-state index contributed by atoms with van der Waals surface area (Å²) in [5.41, 5.74) is 0. The smallest absolute Gasteiger partial charge is 0.100 e. The van der Waals surface area contributed by atoms with Crippen LogP contribution in [-0.2, 0) is 9.47 Å². The molecule has 1 atom stereocenters. The first kappa shape index (κ1) is 18.4. The van der Waals surface area contributed by atoms with Crippen LogP contribution in [0, 0.1) is 6.43 Å². The minimum Gasteiger partial charge on any atom is -0.419 e. The number of ether oxygens (including phenoxy) is 2. The largest absolute Gasteiger partial charge is 0.419 e. The van der Waals surface area contributed by atoms with E-state index in [1.54, 1.807) is 0 Å². The van der Waals surface area contributed by atoms with Gasteiger partial charge in [0.05, 0.1) is 13.2 Å². The van der Waals surface area contributed by atoms with Crippen LogP contribution < -0.4 is 0 Å². The molecule has 84 valence electrons. The molecule has 0 saturated carbocycles.